The van der Waals surface area contributed by atoms with E-state index >= 15 is 0 Å². The maximum Gasteiger partial charge on any atom is 0.257 e. The van der Waals surface area contributed by atoms with Gasteiger partial charge in [0, 0.05) is 49.7 Å². The molecule has 40 heavy (non-hydrogen) atoms. The lowest BCUT2D eigenvalue weighted by Gasteiger charge is -2.40. The van der Waals surface area contributed by atoms with Gasteiger partial charge in [-0.1, -0.05) is 81.1 Å². The Morgan fingerprint density at radius 2 is 1.80 bits per heavy atom. The number of carbonyl (C=O) groups excluding carboxylic acids is 1. The Labute approximate surface area is 237 Å². The maximum atomic E-state index is 14.0. The van der Waals surface area contributed by atoms with Gasteiger partial charge in [-0.25, -0.2) is 0 Å². The minimum atomic E-state index is -0.710. The van der Waals surface area contributed by atoms with E-state index in [0.29, 0.717) is 6.42 Å². The van der Waals surface area contributed by atoms with Crippen LogP contribution in [0.3, 0.4) is 0 Å². The van der Waals surface area contributed by atoms with Crippen molar-refractivity contribution in [1.82, 2.24) is 15.5 Å². The van der Waals surface area contributed by atoms with E-state index in [2.05, 4.69) is 29.7 Å². The monoisotopic (exact) mass is 543 g/mol. The number of amides is 1. The Bertz CT molecular complexity index is 1260. The zero-order valence-corrected chi connectivity index (χ0v) is 23.8. The summed E-state index contributed by atoms with van der Waals surface area (Å²) in [5.41, 5.74) is 5.45. The Morgan fingerprint density at radius 3 is 2.45 bits per heavy atom. The normalized spacial score (nSPS) is 17.4. The quantitative estimate of drug-likeness (QED) is 0.165. The van der Waals surface area contributed by atoms with Gasteiger partial charge in [0.1, 0.15) is 11.7 Å². The number of benzene rings is 2. The predicted molar refractivity (Wildman–Crippen MR) is 159 cm³/mol. The van der Waals surface area contributed by atoms with Gasteiger partial charge in [0.25, 0.3) is 5.91 Å². The summed E-state index contributed by atoms with van der Waals surface area (Å²) in [6, 6.07) is 16.1. The fraction of sp³-hybridized carbons (Fsp3) is 0.406. The van der Waals surface area contributed by atoms with Crippen LogP contribution in [-0.2, 0) is 20.7 Å². The van der Waals surface area contributed by atoms with Gasteiger partial charge in [0.2, 0.25) is 6.41 Å². The summed E-state index contributed by atoms with van der Waals surface area (Å²) in [6.45, 7) is 2.12. The molecule has 1 fully saturated rings. The molecule has 1 aliphatic carbocycles. The largest absolute Gasteiger partial charge is 0.345 e. The molecule has 2 aromatic rings. The minimum Gasteiger partial charge on any atom is -0.345 e. The summed E-state index contributed by atoms with van der Waals surface area (Å²) in [6.07, 6.45) is 9.94. The topological polar surface area (TPSA) is 111 Å². The highest BCUT2D eigenvalue weighted by Crippen LogP contribution is 2.32. The molecule has 4 N–H and O–H groups in total. The van der Waals surface area contributed by atoms with Crippen molar-refractivity contribution < 1.29 is 14.3 Å². The zero-order chi connectivity index (χ0) is 28.5. The summed E-state index contributed by atoms with van der Waals surface area (Å²) in [5.74, 6) is 0.992. The van der Waals surface area contributed by atoms with Crippen LogP contribution in [0.4, 0.5) is 0 Å². The van der Waals surface area contributed by atoms with E-state index in [-0.39, 0.29) is 17.8 Å². The number of ether oxygens (including phenoxy) is 2. The Kier molecular flexibility index (Phi) is 10.3. The molecule has 0 spiro atoms. The number of hydrogen-bond acceptors (Lipinski definition) is 6. The summed E-state index contributed by atoms with van der Waals surface area (Å²) in [7, 11) is 3.04. The molecular weight excluding hydrogens is 502 g/mol. The smallest absolute Gasteiger partial charge is 0.257 e. The van der Waals surface area contributed by atoms with E-state index in [4.69, 9.17) is 20.3 Å². The fourth-order valence-electron chi connectivity index (χ4n) is 5.59. The lowest BCUT2D eigenvalue weighted by molar-refractivity contribution is -0.129. The van der Waals surface area contributed by atoms with Crippen LogP contribution in [0.5, 0.6) is 0 Å². The second-order valence-electron chi connectivity index (χ2n) is 10.3. The van der Waals surface area contributed by atoms with E-state index in [1.165, 1.54) is 26.9 Å². The number of rotatable bonds is 11. The van der Waals surface area contributed by atoms with Crippen LogP contribution in [0.2, 0.25) is 0 Å². The molecule has 1 saturated carbocycles. The standard InChI is InChI=1S/C32H41N5O3/c1-4-10-28-27(31(38)37(29(35-28)19-20-33)24-11-6-5-7-12-24)21-22-15-17-23(18-16-22)25-13-8-9-14-26(25)30(34)36-32(39-2)40-3/h8-9,13-20,24,32-33,35H,4-7,10-12,21H2,1-3H3,(H2,34,36)/b29-19+,33-20?. The third-order valence-electron chi connectivity index (χ3n) is 7.59. The van der Waals surface area contributed by atoms with Gasteiger partial charge in [-0.15, -0.1) is 0 Å². The van der Waals surface area contributed by atoms with Crippen molar-refractivity contribution in [3.8, 4) is 11.1 Å². The summed E-state index contributed by atoms with van der Waals surface area (Å²) < 4.78 is 10.4. The molecule has 212 valence electrons. The number of carbonyl (C=O) groups is 1. The van der Waals surface area contributed by atoms with Crippen molar-refractivity contribution in [3.05, 3.63) is 82.8 Å². The first-order valence-corrected chi connectivity index (χ1v) is 14.1. The maximum absolute atomic E-state index is 14.0. The van der Waals surface area contributed by atoms with Crippen LogP contribution in [0, 0.1) is 10.8 Å². The van der Waals surface area contributed by atoms with Crippen molar-refractivity contribution in [2.24, 2.45) is 0 Å². The molecule has 0 unspecified atom stereocenters. The molecule has 1 amide bonds. The van der Waals surface area contributed by atoms with Crippen molar-refractivity contribution in [2.45, 2.75) is 70.7 Å². The molecular formula is C32H41N5O3. The van der Waals surface area contributed by atoms with Gasteiger partial charge < -0.3 is 25.5 Å². The number of allylic oxidation sites excluding steroid dienone is 2. The highest BCUT2D eigenvalue weighted by Gasteiger charge is 2.35. The van der Waals surface area contributed by atoms with Crippen molar-refractivity contribution in [3.63, 3.8) is 0 Å². The molecule has 1 aliphatic heterocycles. The van der Waals surface area contributed by atoms with Gasteiger partial charge >= 0.3 is 0 Å². The van der Waals surface area contributed by atoms with Crippen LogP contribution < -0.4 is 10.6 Å². The third-order valence-corrected chi connectivity index (χ3v) is 7.59. The van der Waals surface area contributed by atoms with Crippen LogP contribution in [0.25, 0.3) is 11.1 Å². The number of methoxy groups -OCH3 is 2. The molecule has 8 nitrogen and oxygen atoms in total. The second-order valence-corrected chi connectivity index (χ2v) is 10.3. The number of nitrogens with one attached hydrogen (secondary N) is 4. The molecule has 0 radical (unpaired) electrons. The first-order valence-electron chi connectivity index (χ1n) is 14.1. The molecule has 4 rings (SSSR count). The SMILES string of the molecule is CCCC1=C(Cc2ccc(-c3ccccc3C(=N)NC(OC)OC)cc2)C(=O)N(C2CCCCC2)/C(=C/C=N)N1. The van der Waals surface area contributed by atoms with Crippen LogP contribution in [0.1, 0.15) is 63.0 Å². The number of hydrogen-bond donors (Lipinski definition) is 4. The third kappa shape index (κ3) is 6.69. The molecule has 0 atom stereocenters. The molecule has 2 aliphatic rings. The molecule has 1 heterocycles. The van der Waals surface area contributed by atoms with Crippen LogP contribution in [0.15, 0.2) is 71.7 Å². The van der Waals surface area contributed by atoms with Crippen molar-refractivity contribution in [2.75, 3.05) is 14.2 Å². The van der Waals surface area contributed by atoms with E-state index < -0.39 is 6.41 Å². The average Bonchev–Trinajstić information content (AvgIpc) is 2.99. The molecule has 0 saturated heterocycles. The zero-order valence-electron chi connectivity index (χ0n) is 23.8. The van der Waals surface area contributed by atoms with Crippen LogP contribution >= 0.6 is 0 Å². The molecule has 0 aromatic heterocycles. The Morgan fingerprint density at radius 1 is 1.10 bits per heavy atom. The number of nitrogens with zero attached hydrogens (tertiary/aromatic N) is 1. The molecule has 8 heteroatoms. The lowest BCUT2D eigenvalue weighted by atomic mass is 9.91. The highest BCUT2D eigenvalue weighted by molar-refractivity contribution is 6.02. The summed E-state index contributed by atoms with van der Waals surface area (Å²) in [4.78, 5) is 15.9. The van der Waals surface area contributed by atoms with Crippen molar-refractivity contribution >= 4 is 18.0 Å². The Balaban J connectivity index is 1.60. The van der Waals surface area contributed by atoms with E-state index in [1.807, 2.05) is 41.3 Å². The van der Waals surface area contributed by atoms with Gasteiger partial charge in [-0.2, -0.15) is 0 Å². The fourth-order valence-corrected chi connectivity index (χ4v) is 5.59. The lowest BCUT2D eigenvalue weighted by Crippen LogP contribution is -2.49. The molecule has 2 aromatic carbocycles. The van der Waals surface area contributed by atoms with E-state index in [1.54, 1.807) is 6.08 Å². The van der Waals surface area contributed by atoms with Gasteiger partial charge in [0.05, 0.1) is 0 Å². The first kappa shape index (κ1) is 29.2. The summed E-state index contributed by atoms with van der Waals surface area (Å²) >= 11 is 0. The van der Waals surface area contributed by atoms with E-state index in [0.717, 1.165) is 77.9 Å². The number of amidine groups is 1. The van der Waals surface area contributed by atoms with E-state index in [9.17, 15) is 4.79 Å². The Hall–Kier alpha value is -3.75. The minimum absolute atomic E-state index is 0.0574. The van der Waals surface area contributed by atoms with Gasteiger partial charge in [-0.05, 0) is 42.0 Å². The predicted octanol–water partition coefficient (Wildman–Crippen LogP) is 5.70. The second kappa shape index (κ2) is 14.1. The average molecular weight is 544 g/mol. The van der Waals surface area contributed by atoms with Gasteiger partial charge in [-0.3, -0.25) is 15.1 Å². The summed E-state index contributed by atoms with van der Waals surface area (Å²) in [5, 5.41) is 22.7. The van der Waals surface area contributed by atoms with Crippen molar-refractivity contribution in [1.29, 1.82) is 10.8 Å². The highest BCUT2D eigenvalue weighted by atomic mass is 16.7. The van der Waals surface area contributed by atoms with Gasteiger partial charge in [0.15, 0.2) is 0 Å². The van der Waals surface area contributed by atoms with Crippen LogP contribution in [-0.4, -0.2) is 49.5 Å². The molecule has 0 bridgehead atoms. The first-order chi connectivity index (χ1) is 19.5.